The van der Waals surface area contributed by atoms with E-state index in [0.29, 0.717) is 25.5 Å². The molecule has 1 unspecified atom stereocenters. The van der Waals surface area contributed by atoms with Crippen molar-refractivity contribution < 1.29 is 14.6 Å². The Morgan fingerprint density at radius 3 is 2.61 bits per heavy atom. The molecule has 4 heteroatoms. The molecule has 1 saturated heterocycles. The Morgan fingerprint density at radius 2 is 2.00 bits per heavy atom. The van der Waals surface area contributed by atoms with Crippen LogP contribution in [0.2, 0.25) is 0 Å². The van der Waals surface area contributed by atoms with Crippen LogP contribution in [0.15, 0.2) is 24.3 Å². The van der Waals surface area contributed by atoms with Gasteiger partial charge in [0.1, 0.15) is 12.2 Å². The molecular formula is C14H21NO3. The summed E-state index contributed by atoms with van der Waals surface area (Å²) in [5.41, 5.74) is -0.766. The van der Waals surface area contributed by atoms with Gasteiger partial charge in [0.25, 0.3) is 0 Å². The highest BCUT2D eigenvalue weighted by atomic mass is 16.5. The fraction of sp³-hybridized carbons (Fsp3) is 0.571. The van der Waals surface area contributed by atoms with Gasteiger partial charge < -0.3 is 19.9 Å². The van der Waals surface area contributed by atoms with Gasteiger partial charge in [-0.1, -0.05) is 12.1 Å². The second-order valence-electron chi connectivity index (χ2n) is 4.67. The van der Waals surface area contributed by atoms with Gasteiger partial charge in [-0.3, -0.25) is 0 Å². The zero-order valence-corrected chi connectivity index (χ0v) is 10.8. The number of benzene rings is 1. The molecule has 0 amide bonds. The Morgan fingerprint density at radius 1 is 1.28 bits per heavy atom. The summed E-state index contributed by atoms with van der Waals surface area (Å²) in [5.74, 6) is 1.42. The second-order valence-corrected chi connectivity index (χ2v) is 4.67. The van der Waals surface area contributed by atoms with Crippen LogP contribution in [0.5, 0.6) is 11.5 Å². The van der Waals surface area contributed by atoms with Crippen LogP contribution in [-0.2, 0) is 0 Å². The molecule has 18 heavy (non-hydrogen) atoms. The van der Waals surface area contributed by atoms with Crippen LogP contribution in [0, 0.1) is 0 Å². The van der Waals surface area contributed by atoms with Crippen LogP contribution in [0.3, 0.4) is 0 Å². The van der Waals surface area contributed by atoms with Crippen molar-refractivity contribution in [2.75, 3.05) is 26.3 Å². The number of hydrogen-bond acceptors (Lipinski definition) is 4. The Kier molecular flexibility index (Phi) is 4.44. The van der Waals surface area contributed by atoms with Gasteiger partial charge in [-0.2, -0.15) is 0 Å². The number of nitrogens with one attached hydrogen (secondary N) is 1. The van der Waals surface area contributed by atoms with Crippen molar-refractivity contribution in [2.45, 2.75) is 25.4 Å². The third-order valence-electron chi connectivity index (χ3n) is 3.10. The van der Waals surface area contributed by atoms with Crippen LogP contribution < -0.4 is 14.8 Å². The molecule has 1 aromatic carbocycles. The Bertz CT molecular complexity index is 375. The summed E-state index contributed by atoms with van der Waals surface area (Å²) in [6.07, 6.45) is 1.75. The number of ether oxygens (including phenoxy) is 2. The van der Waals surface area contributed by atoms with Crippen LogP contribution in [0.1, 0.15) is 19.8 Å². The van der Waals surface area contributed by atoms with Gasteiger partial charge in [0.2, 0.25) is 0 Å². The quantitative estimate of drug-likeness (QED) is 0.834. The maximum atomic E-state index is 10.3. The van der Waals surface area contributed by atoms with Crippen molar-refractivity contribution >= 4 is 0 Å². The van der Waals surface area contributed by atoms with E-state index >= 15 is 0 Å². The van der Waals surface area contributed by atoms with E-state index in [9.17, 15) is 5.11 Å². The molecule has 2 N–H and O–H groups in total. The highest BCUT2D eigenvalue weighted by Gasteiger charge is 2.30. The van der Waals surface area contributed by atoms with Crippen LogP contribution in [-0.4, -0.2) is 37.0 Å². The standard InChI is InChI=1S/C14H21NO3/c1-2-17-12-6-3-4-7-13(12)18-11-14(16)8-5-9-15-10-14/h3-4,6-7,15-16H,2,5,8-11H2,1H3. The second kappa shape index (κ2) is 6.07. The van der Waals surface area contributed by atoms with E-state index in [4.69, 9.17) is 9.47 Å². The normalized spacial score (nSPS) is 23.7. The average molecular weight is 251 g/mol. The molecular weight excluding hydrogens is 230 g/mol. The summed E-state index contributed by atoms with van der Waals surface area (Å²) in [5, 5.41) is 13.5. The molecule has 0 aliphatic carbocycles. The Labute approximate surface area is 108 Å². The zero-order valence-electron chi connectivity index (χ0n) is 10.8. The Balaban J connectivity index is 1.96. The van der Waals surface area contributed by atoms with E-state index in [1.165, 1.54) is 0 Å². The van der Waals surface area contributed by atoms with E-state index < -0.39 is 5.60 Å². The molecule has 2 rings (SSSR count). The molecule has 1 fully saturated rings. The fourth-order valence-electron chi connectivity index (χ4n) is 2.13. The van der Waals surface area contributed by atoms with Gasteiger partial charge in [-0.05, 0) is 38.4 Å². The van der Waals surface area contributed by atoms with Crippen molar-refractivity contribution in [1.29, 1.82) is 0 Å². The monoisotopic (exact) mass is 251 g/mol. The van der Waals surface area contributed by atoms with Crippen LogP contribution in [0.25, 0.3) is 0 Å². The predicted molar refractivity (Wildman–Crippen MR) is 70.2 cm³/mol. The number of piperidine rings is 1. The van der Waals surface area contributed by atoms with Crippen molar-refractivity contribution in [3.05, 3.63) is 24.3 Å². The first-order valence-corrected chi connectivity index (χ1v) is 6.51. The topological polar surface area (TPSA) is 50.7 Å². The van der Waals surface area contributed by atoms with Gasteiger partial charge in [0, 0.05) is 6.54 Å². The summed E-state index contributed by atoms with van der Waals surface area (Å²) >= 11 is 0. The van der Waals surface area contributed by atoms with Crippen molar-refractivity contribution in [1.82, 2.24) is 5.32 Å². The zero-order chi connectivity index (χ0) is 12.8. The molecule has 0 bridgehead atoms. The number of β-amino-alcohol motifs (C(OH)–C–C–N with tert-alkyl or cyclic N) is 1. The lowest BCUT2D eigenvalue weighted by Gasteiger charge is -2.32. The van der Waals surface area contributed by atoms with Crippen molar-refractivity contribution in [3.8, 4) is 11.5 Å². The van der Waals surface area contributed by atoms with E-state index in [1.54, 1.807) is 0 Å². The first-order chi connectivity index (χ1) is 8.73. The van der Waals surface area contributed by atoms with Crippen LogP contribution in [0.4, 0.5) is 0 Å². The fourth-order valence-corrected chi connectivity index (χ4v) is 2.13. The first kappa shape index (κ1) is 13.2. The molecule has 0 aromatic heterocycles. The van der Waals surface area contributed by atoms with E-state index in [-0.39, 0.29) is 0 Å². The van der Waals surface area contributed by atoms with Gasteiger partial charge in [0.15, 0.2) is 11.5 Å². The molecule has 0 saturated carbocycles. The third kappa shape index (κ3) is 3.37. The minimum Gasteiger partial charge on any atom is -0.490 e. The van der Waals surface area contributed by atoms with E-state index in [1.807, 2.05) is 31.2 Å². The molecule has 1 aliphatic heterocycles. The number of aliphatic hydroxyl groups is 1. The van der Waals surface area contributed by atoms with Crippen molar-refractivity contribution in [2.24, 2.45) is 0 Å². The SMILES string of the molecule is CCOc1ccccc1OCC1(O)CCCNC1. The molecule has 1 aliphatic rings. The summed E-state index contributed by atoms with van der Waals surface area (Å²) in [7, 11) is 0. The molecule has 0 spiro atoms. The molecule has 1 atom stereocenters. The summed E-state index contributed by atoms with van der Waals surface area (Å²) < 4.78 is 11.2. The third-order valence-corrected chi connectivity index (χ3v) is 3.10. The molecule has 1 aromatic rings. The maximum Gasteiger partial charge on any atom is 0.161 e. The molecule has 100 valence electrons. The smallest absolute Gasteiger partial charge is 0.161 e. The van der Waals surface area contributed by atoms with Gasteiger partial charge in [0.05, 0.1) is 6.61 Å². The lowest BCUT2D eigenvalue weighted by atomic mass is 9.95. The number of para-hydroxylation sites is 2. The van der Waals surface area contributed by atoms with Crippen LogP contribution >= 0.6 is 0 Å². The van der Waals surface area contributed by atoms with Gasteiger partial charge >= 0.3 is 0 Å². The first-order valence-electron chi connectivity index (χ1n) is 6.51. The number of rotatable bonds is 5. The van der Waals surface area contributed by atoms with E-state index in [0.717, 1.165) is 25.1 Å². The largest absolute Gasteiger partial charge is 0.490 e. The minimum atomic E-state index is -0.766. The average Bonchev–Trinajstić information content (AvgIpc) is 2.39. The minimum absolute atomic E-state index is 0.296. The molecule has 4 nitrogen and oxygen atoms in total. The molecule has 1 heterocycles. The van der Waals surface area contributed by atoms with Gasteiger partial charge in [-0.25, -0.2) is 0 Å². The van der Waals surface area contributed by atoms with Crippen molar-refractivity contribution in [3.63, 3.8) is 0 Å². The highest BCUT2D eigenvalue weighted by Crippen LogP contribution is 2.28. The lowest BCUT2D eigenvalue weighted by Crippen LogP contribution is -2.49. The van der Waals surface area contributed by atoms with Gasteiger partial charge in [-0.15, -0.1) is 0 Å². The maximum absolute atomic E-state index is 10.3. The lowest BCUT2D eigenvalue weighted by molar-refractivity contribution is -0.0236. The predicted octanol–water partition coefficient (Wildman–Crippen LogP) is 1.58. The number of hydrogen-bond donors (Lipinski definition) is 2. The molecule has 0 radical (unpaired) electrons. The highest BCUT2D eigenvalue weighted by molar-refractivity contribution is 5.39. The summed E-state index contributed by atoms with van der Waals surface area (Å²) in [6, 6.07) is 7.56. The summed E-state index contributed by atoms with van der Waals surface area (Å²) in [4.78, 5) is 0. The van der Waals surface area contributed by atoms with E-state index in [2.05, 4.69) is 5.32 Å². The summed E-state index contributed by atoms with van der Waals surface area (Å²) in [6.45, 7) is 4.40. The Hall–Kier alpha value is -1.26.